The number of hydrogen-bond acceptors (Lipinski definition) is 7. The van der Waals surface area contributed by atoms with Crippen LogP contribution in [0.2, 0.25) is 5.02 Å². The van der Waals surface area contributed by atoms with Crippen LogP contribution in [0, 0.1) is 5.92 Å². The van der Waals surface area contributed by atoms with Gasteiger partial charge in [0.25, 0.3) is 0 Å². The average Bonchev–Trinajstić information content (AvgIpc) is 3.36. The Morgan fingerprint density at radius 2 is 1.91 bits per heavy atom. The molecule has 33 heavy (non-hydrogen) atoms. The van der Waals surface area contributed by atoms with Crippen molar-refractivity contribution in [2.75, 3.05) is 20.8 Å². The van der Waals surface area contributed by atoms with Gasteiger partial charge in [0.1, 0.15) is 33.9 Å². The zero-order chi connectivity index (χ0) is 23.3. The van der Waals surface area contributed by atoms with Crippen LogP contribution < -0.4 is 24.3 Å². The zero-order valence-electron chi connectivity index (χ0n) is 18.6. The highest BCUT2D eigenvalue weighted by atomic mass is 35.5. The van der Waals surface area contributed by atoms with Crippen LogP contribution in [-0.2, 0) is 11.2 Å². The molecule has 0 saturated carbocycles. The second-order valence-electron chi connectivity index (χ2n) is 8.54. The SMILES string of the molecule is COc1cc(OC)c2c(c1Cl)O[C@@]1(C(=O)C=C(NC[C@@H]3Cc4ccccc4O3)C[C@H]1C)C2=O. The monoisotopic (exact) mass is 469 g/mol. The molecule has 8 heteroatoms. The lowest BCUT2D eigenvalue weighted by Crippen LogP contribution is -2.55. The summed E-state index contributed by atoms with van der Waals surface area (Å²) in [6.45, 7) is 2.38. The Morgan fingerprint density at radius 1 is 1.15 bits per heavy atom. The number of para-hydroxylation sites is 1. The number of methoxy groups -OCH3 is 2. The van der Waals surface area contributed by atoms with Crippen LogP contribution in [0.4, 0.5) is 0 Å². The van der Waals surface area contributed by atoms with Crippen molar-refractivity contribution in [3.8, 4) is 23.0 Å². The number of ketones is 2. The van der Waals surface area contributed by atoms with E-state index in [0.717, 1.165) is 17.9 Å². The molecule has 2 aromatic rings. The second kappa shape index (κ2) is 7.99. The molecule has 2 aromatic carbocycles. The van der Waals surface area contributed by atoms with Gasteiger partial charge in [-0.15, -0.1) is 0 Å². The largest absolute Gasteiger partial charge is 0.496 e. The minimum absolute atomic E-state index is 0.0197. The van der Waals surface area contributed by atoms with Gasteiger partial charge in [-0.1, -0.05) is 36.7 Å². The third-order valence-electron chi connectivity index (χ3n) is 6.58. The third-order valence-corrected chi connectivity index (χ3v) is 6.94. The maximum absolute atomic E-state index is 13.5. The molecule has 1 spiro atoms. The summed E-state index contributed by atoms with van der Waals surface area (Å²) in [7, 11) is 2.90. The molecule has 7 nitrogen and oxygen atoms in total. The highest BCUT2D eigenvalue weighted by molar-refractivity contribution is 6.36. The Kier molecular flexibility index (Phi) is 5.24. The van der Waals surface area contributed by atoms with E-state index in [0.29, 0.717) is 18.7 Å². The first kappa shape index (κ1) is 21.6. The van der Waals surface area contributed by atoms with Gasteiger partial charge in [0.2, 0.25) is 17.2 Å². The Bertz CT molecular complexity index is 1170. The van der Waals surface area contributed by atoms with Crippen molar-refractivity contribution in [3.05, 3.63) is 58.3 Å². The van der Waals surface area contributed by atoms with E-state index < -0.39 is 23.1 Å². The molecular formula is C25H24ClNO6. The fourth-order valence-electron chi connectivity index (χ4n) is 4.86. The Balaban J connectivity index is 1.37. The maximum Gasteiger partial charge on any atom is 0.236 e. The van der Waals surface area contributed by atoms with E-state index in [1.807, 2.05) is 25.1 Å². The number of halogens is 1. The van der Waals surface area contributed by atoms with Crippen molar-refractivity contribution in [1.29, 1.82) is 0 Å². The van der Waals surface area contributed by atoms with Gasteiger partial charge in [0.15, 0.2) is 5.75 Å². The quantitative estimate of drug-likeness (QED) is 0.667. The molecule has 3 aliphatic rings. The molecule has 172 valence electrons. The van der Waals surface area contributed by atoms with Crippen LogP contribution in [-0.4, -0.2) is 44.0 Å². The zero-order valence-corrected chi connectivity index (χ0v) is 19.3. The summed E-state index contributed by atoms with van der Waals surface area (Å²) >= 11 is 6.43. The molecule has 1 aliphatic carbocycles. The van der Waals surface area contributed by atoms with Crippen LogP contribution in [0.5, 0.6) is 23.0 Å². The van der Waals surface area contributed by atoms with E-state index in [4.69, 9.17) is 30.5 Å². The number of benzene rings is 2. The van der Waals surface area contributed by atoms with Crippen molar-refractivity contribution >= 4 is 23.2 Å². The van der Waals surface area contributed by atoms with Crippen molar-refractivity contribution in [1.82, 2.24) is 5.32 Å². The van der Waals surface area contributed by atoms with Crippen LogP contribution >= 0.6 is 11.6 Å². The molecule has 0 saturated heterocycles. The highest BCUT2D eigenvalue weighted by Crippen LogP contribution is 2.52. The van der Waals surface area contributed by atoms with E-state index >= 15 is 0 Å². The van der Waals surface area contributed by atoms with E-state index in [1.165, 1.54) is 31.9 Å². The maximum atomic E-state index is 13.5. The summed E-state index contributed by atoms with van der Waals surface area (Å²) in [4.78, 5) is 26.9. The molecule has 2 aliphatic heterocycles. The predicted octanol–water partition coefficient (Wildman–Crippen LogP) is 3.76. The molecule has 0 bridgehead atoms. The smallest absolute Gasteiger partial charge is 0.236 e. The van der Waals surface area contributed by atoms with Crippen LogP contribution in [0.25, 0.3) is 0 Å². The molecule has 1 N–H and O–H groups in total. The Morgan fingerprint density at radius 3 is 2.61 bits per heavy atom. The molecule has 0 amide bonds. The minimum Gasteiger partial charge on any atom is -0.496 e. The number of ether oxygens (including phenoxy) is 4. The first-order chi connectivity index (χ1) is 15.9. The van der Waals surface area contributed by atoms with Gasteiger partial charge >= 0.3 is 0 Å². The minimum atomic E-state index is -1.67. The second-order valence-corrected chi connectivity index (χ2v) is 8.92. The van der Waals surface area contributed by atoms with Crippen LogP contribution in [0.15, 0.2) is 42.1 Å². The van der Waals surface area contributed by atoms with Crippen molar-refractivity contribution in [2.24, 2.45) is 5.92 Å². The van der Waals surface area contributed by atoms with E-state index in [1.54, 1.807) is 0 Å². The van der Waals surface area contributed by atoms with Gasteiger partial charge < -0.3 is 24.3 Å². The fourth-order valence-corrected chi connectivity index (χ4v) is 5.13. The summed E-state index contributed by atoms with van der Waals surface area (Å²) < 4.78 is 22.7. The number of nitrogens with one attached hydrogen (secondary N) is 1. The standard InChI is InChI=1S/C25H24ClNO6/c1-13-8-15(27-12-16-9-14-6-4-5-7-17(14)32-16)10-20(28)25(13)24(29)21-18(30-2)11-19(31-3)22(26)23(21)33-25/h4-7,10-11,13,16,27H,8-9,12H2,1-3H3/t13-,16+,25+/m1/s1. The van der Waals surface area contributed by atoms with E-state index in [-0.39, 0.29) is 28.2 Å². The molecule has 0 aromatic heterocycles. The summed E-state index contributed by atoms with van der Waals surface area (Å²) in [5.41, 5.74) is 0.428. The van der Waals surface area contributed by atoms with E-state index in [2.05, 4.69) is 11.4 Å². The fraction of sp³-hybridized carbons (Fsp3) is 0.360. The third kappa shape index (κ3) is 3.25. The molecule has 2 heterocycles. The van der Waals surface area contributed by atoms with Crippen molar-refractivity contribution in [3.63, 3.8) is 0 Å². The van der Waals surface area contributed by atoms with Gasteiger partial charge in [-0.25, -0.2) is 0 Å². The number of fused-ring (bicyclic) bond motifs is 2. The van der Waals surface area contributed by atoms with Gasteiger partial charge in [-0.2, -0.15) is 0 Å². The molecule has 0 unspecified atom stereocenters. The number of carbonyl (C=O) groups excluding carboxylic acids is 2. The molecule has 3 atom stereocenters. The molecule has 5 rings (SSSR count). The molecular weight excluding hydrogens is 446 g/mol. The lowest BCUT2D eigenvalue weighted by Gasteiger charge is -2.35. The lowest BCUT2D eigenvalue weighted by atomic mass is 9.74. The van der Waals surface area contributed by atoms with Crippen LogP contribution in [0.1, 0.15) is 29.3 Å². The number of carbonyl (C=O) groups is 2. The number of rotatable bonds is 5. The summed E-state index contributed by atoms with van der Waals surface area (Å²) in [6.07, 6.45) is 2.71. The van der Waals surface area contributed by atoms with Gasteiger partial charge in [0, 0.05) is 30.2 Å². The van der Waals surface area contributed by atoms with E-state index in [9.17, 15) is 9.59 Å². The summed E-state index contributed by atoms with van der Waals surface area (Å²) in [6, 6.07) is 9.49. The highest BCUT2D eigenvalue weighted by Gasteiger charge is 2.60. The Hall–Kier alpha value is -3.19. The molecule has 0 radical (unpaired) electrons. The molecule has 0 fully saturated rings. The van der Waals surface area contributed by atoms with Gasteiger partial charge in [-0.3, -0.25) is 9.59 Å². The predicted molar refractivity (Wildman–Crippen MR) is 122 cm³/mol. The normalized spacial score (nSPS) is 25.2. The van der Waals surface area contributed by atoms with Crippen LogP contribution in [0.3, 0.4) is 0 Å². The van der Waals surface area contributed by atoms with Crippen molar-refractivity contribution in [2.45, 2.75) is 31.5 Å². The number of hydrogen-bond donors (Lipinski definition) is 1. The number of allylic oxidation sites excluding steroid dienone is 1. The summed E-state index contributed by atoms with van der Waals surface area (Å²) in [5, 5.41) is 3.47. The summed E-state index contributed by atoms with van der Waals surface area (Å²) in [5.74, 6) is 0.307. The van der Waals surface area contributed by atoms with Crippen molar-refractivity contribution < 1.29 is 28.5 Å². The van der Waals surface area contributed by atoms with Gasteiger partial charge in [-0.05, 0) is 18.1 Å². The Labute approximate surface area is 196 Å². The average molecular weight is 470 g/mol. The van der Waals surface area contributed by atoms with Gasteiger partial charge in [0.05, 0.1) is 20.8 Å². The number of Topliss-reactive ketones (excluding diaryl/α,β-unsaturated/α-hetero) is 1. The lowest BCUT2D eigenvalue weighted by molar-refractivity contribution is -0.129. The topological polar surface area (TPSA) is 83.1 Å². The first-order valence-corrected chi connectivity index (χ1v) is 11.2. The first-order valence-electron chi connectivity index (χ1n) is 10.8.